The fraction of sp³-hybridized carbons (Fsp3) is 0.833. The van der Waals surface area contributed by atoms with Crippen LogP contribution < -0.4 is 10.6 Å². The molecule has 2 N–H and O–H groups in total. The van der Waals surface area contributed by atoms with Gasteiger partial charge in [-0.1, -0.05) is 13.8 Å². The Morgan fingerprint density at radius 3 is 2.53 bits per heavy atom. The molecule has 0 spiro atoms. The van der Waals surface area contributed by atoms with Crippen molar-refractivity contribution in [1.82, 2.24) is 10.6 Å². The molecule has 0 saturated carbocycles. The van der Waals surface area contributed by atoms with Crippen molar-refractivity contribution < 1.29 is 4.79 Å². The van der Waals surface area contributed by atoms with Gasteiger partial charge >= 0.3 is 0 Å². The predicted molar refractivity (Wildman–Crippen MR) is 72.9 cm³/mol. The number of nitrogens with one attached hydrogen (secondary N) is 2. The molecule has 98 valence electrons. The summed E-state index contributed by atoms with van der Waals surface area (Å²) in [7, 11) is 0. The van der Waals surface area contributed by atoms with E-state index in [9.17, 15) is 4.79 Å². The lowest BCUT2D eigenvalue weighted by Gasteiger charge is -2.29. The van der Waals surface area contributed by atoms with E-state index in [2.05, 4.69) is 30.7 Å². The van der Waals surface area contributed by atoms with E-state index in [1.54, 1.807) is 0 Å². The van der Waals surface area contributed by atoms with E-state index in [1.807, 2.05) is 17.8 Å². The summed E-state index contributed by atoms with van der Waals surface area (Å²) in [4.78, 5) is 11.4. The molecule has 0 aliphatic carbocycles. The lowest BCUT2D eigenvalue weighted by atomic mass is 10.0. The lowest BCUT2D eigenvalue weighted by Crippen LogP contribution is -2.41. The molecule has 0 radical (unpaired) electrons. The number of thioether (sulfide) groups is 1. The first-order valence-electron chi connectivity index (χ1n) is 6.03. The van der Waals surface area contributed by atoms with Gasteiger partial charge in [0.25, 0.3) is 0 Å². The Morgan fingerprint density at radius 1 is 1.41 bits per heavy atom. The molecule has 0 heterocycles. The van der Waals surface area contributed by atoms with E-state index in [4.69, 9.17) is 5.26 Å². The molecule has 0 aromatic carbocycles. The smallest absolute Gasteiger partial charge is 0.233 e. The van der Waals surface area contributed by atoms with E-state index in [0.717, 1.165) is 19.4 Å². The van der Waals surface area contributed by atoms with Crippen molar-refractivity contribution in [2.75, 3.05) is 25.9 Å². The Morgan fingerprint density at radius 2 is 2.06 bits per heavy atom. The van der Waals surface area contributed by atoms with Crippen LogP contribution in [0.25, 0.3) is 0 Å². The highest BCUT2D eigenvalue weighted by atomic mass is 32.2. The predicted octanol–water partition coefficient (Wildman–Crippen LogP) is 1.53. The first kappa shape index (κ1) is 16.3. The first-order valence-corrected chi connectivity index (χ1v) is 7.26. The third-order valence-corrected chi connectivity index (χ3v) is 4.60. The molecule has 0 saturated heterocycles. The fourth-order valence-corrected chi connectivity index (χ4v) is 2.41. The molecule has 0 atom stereocenters. The number of amides is 1. The Balaban J connectivity index is 3.81. The summed E-state index contributed by atoms with van der Waals surface area (Å²) in [5.41, 5.74) is 0. The molecule has 0 aliphatic heterocycles. The Hall–Kier alpha value is -0.730. The second kappa shape index (κ2) is 9.32. The van der Waals surface area contributed by atoms with Crippen LogP contribution in [0.15, 0.2) is 0 Å². The summed E-state index contributed by atoms with van der Waals surface area (Å²) >= 11 is 1.85. The van der Waals surface area contributed by atoms with Gasteiger partial charge in [-0.2, -0.15) is 17.0 Å². The number of hydrogen-bond acceptors (Lipinski definition) is 4. The summed E-state index contributed by atoms with van der Waals surface area (Å²) in [5, 5.41) is 14.2. The number of nitriles is 1. The highest BCUT2D eigenvalue weighted by Crippen LogP contribution is 2.29. The maximum atomic E-state index is 11.4. The molecule has 0 aromatic heterocycles. The number of nitrogens with zero attached hydrogens (tertiary/aromatic N) is 1. The lowest BCUT2D eigenvalue weighted by molar-refractivity contribution is -0.120. The van der Waals surface area contributed by atoms with Crippen molar-refractivity contribution in [3.63, 3.8) is 0 Å². The van der Waals surface area contributed by atoms with Crippen LogP contribution in [0.4, 0.5) is 0 Å². The van der Waals surface area contributed by atoms with E-state index in [0.29, 0.717) is 19.5 Å². The second-order valence-corrected chi connectivity index (χ2v) is 5.23. The Kier molecular flexibility index (Phi) is 8.92. The minimum absolute atomic E-state index is 0.0394. The van der Waals surface area contributed by atoms with Gasteiger partial charge in [0.15, 0.2) is 0 Å². The summed E-state index contributed by atoms with van der Waals surface area (Å²) in [6.07, 6.45) is 4.66. The van der Waals surface area contributed by atoms with Crippen molar-refractivity contribution in [2.24, 2.45) is 0 Å². The molecular weight excluding hydrogens is 234 g/mol. The van der Waals surface area contributed by atoms with Crippen LogP contribution in [-0.2, 0) is 4.79 Å². The van der Waals surface area contributed by atoms with Crippen LogP contribution in [0, 0.1) is 11.3 Å². The van der Waals surface area contributed by atoms with Crippen molar-refractivity contribution in [1.29, 1.82) is 5.26 Å². The van der Waals surface area contributed by atoms with Crippen LogP contribution in [0.1, 0.15) is 33.1 Å². The molecule has 17 heavy (non-hydrogen) atoms. The maximum absolute atomic E-state index is 11.4. The van der Waals surface area contributed by atoms with Crippen LogP contribution >= 0.6 is 11.8 Å². The molecule has 5 heteroatoms. The molecule has 0 fully saturated rings. The summed E-state index contributed by atoms with van der Waals surface area (Å²) in [6, 6.07) is 1.99. The van der Waals surface area contributed by atoms with Gasteiger partial charge in [-0.25, -0.2) is 0 Å². The van der Waals surface area contributed by atoms with Crippen molar-refractivity contribution in [3.05, 3.63) is 0 Å². The quantitative estimate of drug-likeness (QED) is 0.615. The van der Waals surface area contributed by atoms with Crippen molar-refractivity contribution in [3.8, 4) is 6.07 Å². The normalized spacial score (nSPS) is 10.9. The highest BCUT2D eigenvalue weighted by molar-refractivity contribution is 8.00. The zero-order chi connectivity index (χ0) is 13.1. The van der Waals surface area contributed by atoms with Gasteiger partial charge < -0.3 is 10.6 Å². The summed E-state index contributed by atoms with van der Waals surface area (Å²) in [6.45, 7) is 5.95. The zero-order valence-corrected chi connectivity index (χ0v) is 11.8. The van der Waals surface area contributed by atoms with Crippen LogP contribution in [0.2, 0.25) is 0 Å². The average molecular weight is 257 g/mol. The van der Waals surface area contributed by atoms with Crippen LogP contribution in [-0.4, -0.2) is 36.5 Å². The summed E-state index contributed by atoms with van der Waals surface area (Å²) < 4.78 is 0.229. The van der Waals surface area contributed by atoms with Gasteiger partial charge in [-0.3, -0.25) is 4.79 Å². The maximum Gasteiger partial charge on any atom is 0.233 e. The minimum atomic E-state index is -0.0394. The van der Waals surface area contributed by atoms with Gasteiger partial charge in [0.1, 0.15) is 0 Å². The van der Waals surface area contributed by atoms with Crippen LogP contribution in [0.3, 0.4) is 0 Å². The summed E-state index contributed by atoms with van der Waals surface area (Å²) in [5.74, 6) is -0.0394. The minimum Gasteiger partial charge on any atom is -0.354 e. The molecular formula is C12H23N3OS. The topological polar surface area (TPSA) is 64.9 Å². The fourth-order valence-electron chi connectivity index (χ4n) is 1.59. The van der Waals surface area contributed by atoms with Crippen molar-refractivity contribution in [2.45, 2.75) is 37.9 Å². The standard InChI is InChI=1S/C12H23N3OS/c1-4-12(5-2,17-3)10-14-9-11(16)15-8-6-7-13/h14H,4-6,8-10H2,1-3H3,(H,15,16). The third-order valence-electron chi connectivity index (χ3n) is 3.01. The molecule has 0 aliphatic rings. The van der Waals surface area contributed by atoms with Gasteiger partial charge in [0.2, 0.25) is 5.91 Å². The third kappa shape index (κ3) is 6.54. The molecule has 0 bridgehead atoms. The molecule has 0 rings (SSSR count). The van der Waals surface area contributed by atoms with Gasteiger partial charge in [-0.05, 0) is 19.1 Å². The number of hydrogen-bond donors (Lipinski definition) is 2. The van der Waals surface area contributed by atoms with Crippen LogP contribution in [0.5, 0.6) is 0 Å². The molecule has 1 amide bonds. The average Bonchev–Trinajstić information content (AvgIpc) is 2.36. The van der Waals surface area contributed by atoms with Gasteiger partial charge in [-0.15, -0.1) is 0 Å². The van der Waals surface area contributed by atoms with E-state index in [-0.39, 0.29) is 10.7 Å². The number of rotatable bonds is 9. The van der Waals surface area contributed by atoms with E-state index >= 15 is 0 Å². The van der Waals surface area contributed by atoms with E-state index < -0.39 is 0 Å². The van der Waals surface area contributed by atoms with Gasteiger partial charge in [0, 0.05) is 17.8 Å². The van der Waals surface area contributed by atoms with Crippen molar-refractivity contribution >= 4 is 17.7 Å². The molecule has 0 aromatic rings. The zero-order valence-electron chi connectivity index (χ0n) is 11.0. The molecule has 4 nitrogen and oxygen atoms in total. The number of carbonyl (C=O) groups excluding carboxylic acids is 1. The molecule has 0 unspecified atom stereocenters. The first-order chi connectivity index (χ1) is 8.14. The Bertz CT molecular complexity index is 251. The Labute approximate surface area is 109 Å². The second-order valence-electron chi connectivity index (χ2n) is 3.96. The largest absolute Gasteiger partial charge is 0.354 e. The monoisotopic (exact) mass is 257 g/mol. The highest BCUT2D eigenvalue weighted by Gasteiger charge is 2.24. The van der Waals surface area contributed by atoms with Gasteiger partial charge in [0.05, 0.1) is 19.0 Å². The number of carbonyl (C=O) groups is 1. The van der Waals surface area contributed by atoms with E-state index in [1.165, 1.54) is 0 Å². The SMILES string of the molecule is CCC(CC)(CNCC(=O)NCCC#N)SC.